The van der Waals surface area contributed by atoms with Crippen molar-refractivity contribution in [3.63, 3.8) is 0 Å². The second-order valence-corrected chi connectivity index (χ2v) is 6.70. The van der Waals surface area contributed by atoms with Crippen LogP contribution in [0.1, 0.15) is 71.0 Å². The van der Waals surface area contributed by atoms with Gasteiger partial charge in [-0.25, -0.2) is 0 Å². The van der Waals surface area contributed by atoms with Crippen LogP contribution in [0.25, 0.3) is 0 Å². The second kappa shape index (κ2) is 8.38. The smallest absolute Gasteiger partial charge is 0.0664 e. The summed E-state index contributed by atoms with van der Waals surface area (Å²) in [6.07, 6.45) is 13.3. The summed E-state index contributed by atoms with van der Waals surface area (Å²) in [6, 6.07) is 3.41. The van der Waals surface area contributed by atoms with Crippen LogP contribution in [0.3, 0.4) is 0 Å². The zero-order valence-corrected chi connectivity index (χ0v) is 13.9. The summed E-state index contributed by atoms with van der Waals surface area (Å²) >= 11 is 0. The van der Waals surface area contributed by atoms with Gasteiger partial charge in [-0.1, -0.05) is 44.8 Å². The predicted octanol–water partition coefficient (Wildman–Crippen LogP) is 4.27. The molecular weight excluding hydrogens is 258 g/mol. The first-order valence-corrected chi connectivity index (χ1v) is 8.58. The Morgan fingerprint density at radius 1 is 1.38 bits per heavy atom. The zero-order valence-electron chi connectivity index (χ0n) is 13.9. The summed E-state index contributed by atoms with van der Waals surface area (Å²) in [6.45, 7) is 7.66. The molecular formula is C18H31N3. The molecule has 21 heavy (non-hydrogen) atoms. The minimum atomic E-state index is 0.574. The summed E-state index contributed by atoms with van der Waals surface area (Å²) in [5.74, 6) is 0. The first-order valence-electron chi connectivity index (χ1n) is 8.58. The summed E-state index contributed by atoms with van der Waals surface area (Å²) < 4.78 is 2.21. The topological polar surface area (TPSA) is 29.9 Å². The highest BCUT2D eigenvalue weighted by atomic mass is 15.3. The van der Waals surface area contributed by atoms with Gasteiger partial charge in [0.15, 0.2) is 0 Å². The van der Waals surface area contributed by atoms with Gasteiger partial charge in [-0.3, -0.25) is 4.68 Å². The molecule has 1 fully saturated rings. The summed E-state index contributed by atoms with van der Waals surface area (Å²) in [5, 5.41) is 8.24. The molecule has 0 atom stereocenters. The van der Waals surface area contributed by atoms with E-state index in [2.05, 4.69) is 49.1 Å². The van der Waals surface area contributed by atoms with E-state index in [1.807, 2.05) is 0 Å². The maximum Gasteiger partial charge on any atom is 0.0664 e. The normalized spacial score (nSPS) is 17.6. The van der Waals surface area contributed by atoms with E-state index in [9.17, 15) is 0 Å². The molecule has 0 radical (unpaired) electrons. The maximum absolute atomic E-state index is 4.79. The molecule has 0 spiro atoms. The van der Waals surface area contributed by atoms with E-state index >= 15 is 0 Å². The third-order valence-corrected chi connectivity index (χ3v) is 4.26. The standard InChI is InChI=1S/C18H31N3/c1-15(2)19-12-7-8-16(3)14-17-11-13-21(20-17)18-9-5-4-6-10-18/h8,11,13,15,18-19H,4-7,9-10,12,14H2,1-3H3. The molecule has 118 valence electrons. The molecule has 1 aliphatic carbocycles. The van der Waals surface area contributed by atoms with Gasteiger partial charge in [0.2, 0.25) is 0 Å². The lowest BCUT2D eigenvalue weighted by molar-refractivity contribution is 0.328. The van der Waals surface area contributed by atoms with E-state index in [1.165, 1.54) is 43.4 Å². The molecule has 0 saturated heterocycles. The minimum Gasteiger partial charge on any atom is -0.314 e. The number of aromatic nitrogens is 2. The minimum absolute atomic E-state index is 0.574. The number of nitrogens with one attached hydrogen (secondary N) is 1. The van der Waals surface area contributed by atoms with E-state index in [4.69, 9.17) is 5.10 Å². The van der Waals surface area contributed by atoms with Crippen molar-refractivity contribution >= 4 is 0 Å². The number of hydrogen-bond acceptors (Lipinski definition) is 2. The van der Waals surface area contributed by atoms with Crippen LogP contribution in [0, 0.1) is 0 Å². The molecule has 1 aromatic heterocycles. The fourth-order valence-corrected chi connectivity index (χ4v) is 3.07. The van der Waals surface area contributed by atoms with Crippen LogP contribution in [0.4, 0.5) is 0 Å². The van der Waals surface area contributed by atoms with E-state index in [-0.39, 0.29) is 0 Å². The van der Waals surface area contributed by atoms with Crippen molar-refractivity contribution in [2.24, 2.45) is 0 Å². The van der Waals surface area contributed by atoms with Gasteiger partial charge in [-0.05, 0) is 38.8 Å². The van der Waals surface area contributed by atoms with Crippen LogP contribution in [0.2, 0.25) is 0 Å². The first kappa shape index (κ1) is 16.3. The Labute approximate surface area is 129 Å². The fourth-order valence-electron chi connectivity index (χ4n) is 3.07. The third-order valence-electron chi connectivity index (χ3n) is 4.26. The molecule has 1 heterocycles. The lowest BCUT2D eigenvalue weighted by atomic mass is 9.96. The van der Waals surface area contributed by atoms with E-state index in [1.54, 1.807) is 0 Å². The molecule has 1 aliphatic rings. The van der Waals surface area contributed by atoms with Crippen molar-refractivity contribution in [3.05, 3.63) is 29.6 Å². The monoisotopic (exact) mass is 289 g/mol. The Hall–Kier alpha value is -1.09. The first-order chi connectivity index (χ1) is 10.1. The van der Waals surface area contributed by atoms with Crippen molar-refractivity contribution < 1.29 is 0 Å². The highest BCUT2D eigenvalue weighted by Gasteiger charge is 2.15. The van der Waals surface area contributed by atoms with Crippen LogP contribution < -0.4 is 5.32 Å². The Balaban J connectivity index is 1.79. The summed E-state index contributed by atoms with van der Waals surface area (Å²) in [5.41, 5.74) is 2.64. The molecule has 1 N–H and O–H groups in total. The van der Waals surface area contributed by atoms with Crippen molar-refractivity contribution in [1.29, 1.82) is 0 Å². The molecule has 0 bridgehead atoms. The Morgan fingerprint density at radius 2 is 2.14 bits per heavy atom. The van der Waals surface area contributed by atoms with Gasteiger partial charge in [-0.15, -0.1) is 0 Å². The molecule has 0 unspecified atom stereocenters. The van der Waals surface area contributed by atoms with Crippen molar-refractivity contribution in [1.82, 2.24) is 15.1 Å². The largest absolute Gasteiger partial charge is 0.314 e. The van der Waals surface area contributed by atoms with Crippen LogP contribution >= 0.6 is 0 Å². The molecule has 0 aromatic carbocycles. The summed E-state index contributed by atoms with van der Waals surface area (Å²) in [7, 11) is 0. The molecule has 1 aromatic rings. The zero-order chi connectivity index (χ0) is 15.1. The lowest BCUT2D eigenvalue weighted by Gasteiger charge is -2.21. The van der Waals surface area contributed by atoms with E-state index < -0.39 is 0 Å². The van der Waals surface area contributed by atoms with Crippen LogP contribution in [-0.2, 0) is 6.42 Å². The van der Waals surface area contributed by atoms with Gasteiger partial charge in [-0.2, -0.15) is 5.10 Å². The Morgan fingerprint density at radius 3 is 2.86 bits per heavy atom. The van der Waals surface area contributed by atoms with Crippen LogP contribution in [0.15, 0.2) is 23.9 Å². The molecule has 3 nitrogen and oxygen atoms in total. The Kier molecular flexibility index (Phi) is 6.50. The van der Waals surface area contributed by atoms with Gasteiger partial charge in [0.05, 0.1) is 11.7 Å². The maximum atomic E-state index is 4.79. The molecule has 0 aliphatic heterocycles. The Bertz CT molecular complexity index is 439. The van der Waals surface area contributed by atoms with Gasteiger partial charge in [0, 0.05) is 18.7 Å². The molecule has 1 saturated carbocycles. The predicted molar refractivity (Wildman–Crippen MR) is 89.6 cm³/mol. The quantitative estimate of drug-likeness (QED) is 0.600. The number of rotatable bonds is 7. The fraction of sp³-hybridized carbons (Fsp3) is 0.722. The van der Waals surface area contributed by atoms with Gasteiger partial charge in [0.1, 0.15) is 0 Å². The molecule has 2 rings (SSSR count). The van der Waals surface area contributed by atoms with E-state index in [0.29, 0.717) is 12.1 Å². The second-order valence-electron chi connectivity index (χ2n) is 6.70. The average Bonchev–Trinajstić information content (AvgIpc) is 2.93. The van der Waals surface area contributed by atoms with Crippen molar-refractivity contribution in [2.75, 3.05) is 6.54 Å². The highest BCUT2D eigenvalue weighted by Crippen LogP contribution is 2.27. The highest BCUT2D eigenvalue weighted by molar-refractivity contribution is 5.12. The van der Waals surface area contributed by atoms with Crippen molar-refractivity contribution in [2.45, 2.75) is 77.8 Å². The average molecular weight is 289 g/mol. The van der Waals surface area contributed by atoms with Crippen LogP contribution in [-0.4, -0.2) is 22.4 Å². The van der Waals surface area contributed by atoms with Crippen LogP contribution in [0.5, 0.6) is 0 Å². The number of hydrogen-bond donors (Lipinski definition) is 1. The van der Waals surface area contributed by atoms with Gasteiger partial charge in [0.25, 0.3) is 0 Å². The summed E-state index contributed by atoms with van der Waals surface area (Å²) in [4.78, 5) is 0. The molecule has 0 amide bonds. The van der Waals surface area contributed by atoms with E-state index in [0.717, 1.165) is 19.4 Å². The SMILES string of the molecule is CC(=CCCNC(C)C)Cc1ccn(C2CCCCC2)n1. The van der Waals surface area contributed by atoms with Gasteiger partial charge >= 0.3 is 0 Å². The van der Waals surface area contributed by atoms with Crippen molar-refractivity contribution in [3.8, 4) is 0 Å². The lowest BCUT2D eigenvalue weighted by Crippen LogP contribution is -2.23. The number of nitrogens with zero attached hydrogens (tertiary/aromatic N) is 2. The molecule has 3 heteroatoms. The third kappa shape index (κ3) is 5.66. The van der Waals surface area contributed by atoms with Gasteiger partial charge < -0.3 is 5.32 Å². The number of allylic oxidation sites excluding steroid dienone is 1.